The monoisotopic (exact) mass is 212 g/mol. The molecule has 0 aliphatic carbocycles. The lowest BCUT2D eigenvalue weighted by atomic mass is 9.82. The van der Waals surface area contributed by atoms with Gasteiger partial charge in [0, 0.05) is 19.0 Å². The Kier molecular flexibility index (Phi) is 4.14. The molecule has 0 aromatic carbocycles. The van der Waals surface area contributed by atoms with Crippen LogP contribution in [-0.4, -0.2) is 30.4 Å². The Balaban J connectivity index is 2.42. The van der Waals surface area contributed by atoms with Gasteiger partial charge in [0.25, 0.3) is 0 Å². The van der Waals surface area contributed by atoms with Crippen LogP contribution < -0.4 is 5.73 Å². The Hall–Kier alpha value is -0.570. The van der Waals surface area contributed by atoms with Gasteiger partial charge in [0.1, 0.15) is 0 Å². The lowest BCUT2D eigenvalue weighted by molar-refractivity contribution is -0.137. The van der Waals surface area contributed by atoms with Crippen LogP contribution in [-0.2, 0) is 4.79 Å². The van der Waals surface area contributed by atoms with E-state index >= 15 is 0 Å². The molecular weight excluding hydrogens is 188 g/mol. The molecule has 1 amide bonds. The van der Waals surface area contributed by atoms with E-state index in [4.69, 9.17) is 5.73 Å². The highest BCUT2D eigenvalue weighted by atomic mass is 16.2. The van der Waals surface area contributed by atoms with Crippen molar-refractivity contribution in [3.63, 3.8) is 0 Å². The number of hydrogen-bond donors (Lipinski definition) is 1. The van der Waals surface area contributed by atoms with Gasteiger partial charge >= 0.3 is 0 Å². The van der Waals surface area contributed by atoms with Crippen molar-refractivity contribution in [2.75, 3.05) is 19.6 Å². The standard InChI is InChI=1S/C12H24N2O/c1-10(4-7-13)11(15)14-8-5-12(2,3)6-9-14/h10H,4-9,13H2,1-3H3. The second kappa shape index (κ2) is 4.97. The van der Waals surface area contributed by atoms with E-state index in [1.807, 2.05) is 11.8 Å². The molecule has 0 spiro atoms. The molecule has 1 unspecified atom stereocenters. The number of hydrogen-bond acceptors (Lipinski definition) is 2. The summed E-state index contributed by atoms with van der Waals surface area (Å²) < 4.78 is 0. The minimum Gasteiger partial charge on any atom is -0.342 e. The first-order valence-corrected chi connectivity index (χ1v) is 5.95. The van der Waals surface area contributed by atoms with Gasteiger partial charge in [-0.3, -0.25) is 4.79 Å². The zero-order valence-corrected chi connectivity index (χ0v) is 10.3. The number of amides is 1. The highest BCUT2D eigenvalue weighted by molar-refractivity contribution is 5.78. The number of piperidine rings is 1. The normalized spacial score (nSPS) is 22.5. The molecule has 1 saturated heterocycles. The summed E-state index contributed by atoms with van der Waals surface area (Å²) in [5.74, 6) is 0.382. The summed E-state index contributed by atoms with van der Waals surface area (Å²) in [5, 5.41) is 0. The Labute approximate surface area is 93.0 Å². The van der Waals surface area contributed by atoms with E-state index in [1.165, 1.54) is 0 Å². The first-order valence-electron chi connectivity index (χ1n) is 5.95. The fraction of sp³-hybridized carbons (Fsp3) is 0.917. The molecule has 1 atom stereocenters. The summed E-state index contributed by atoms with van der Waals surface area (Å²) in [6.45, 7) is 8.97. The fourth-order valence-corrected chi connectivity index (χ4v) is 2.02. The largest absolute Gasteiger partial charge is 0.342 e. The van der Waals surface area contributed by atoms with Crippen LogP contribution in [0.5, 0.6) is 0 Å². The first kappa shape index (κ1) is 12.5. The van der Waals surface area contributed by atoms with Crippen molar-refractivity contribution in [1.29, 1.82) is 0 Å². The molecule has 0 aromatic rings. The number of rotatable bonds is 3. The van der Waals surface area contributed by atoms with Crippen LogP contribution in [0.2, 0.25) is 0 Å². The number of carbonyl (C=O) groups is 1. The summed E-state index contributed by atoms with van der Waals surface area (Å²) >= 11 is 0. The van der Waals surface area contributed by atoms with Gasteiger partial charge in [0.2, 0.25) is 5.91 Å². The summed E-state index contributed by atoms with van der Waals surface area (Å²) in [5.41, 5.74) is 5.88. The molecule has 3 nitrogen and oxygen atoms in total. The maximum Gasteiger partial charge on any atom is 0.225 e. The zero-order chi connectivity index (χ0) is 11.5. The molecule has 2 N–H and O–H groups in total. The highest BCUT2D eigenvalue weighted by Gasteiger charge is 2.29. The Bertz CT molecular complexity index is 216. The third-order valence-electron chi connectivity index (χ3n) is 3.45. The maximum absolute atomic E-state index is 12.0. The van der Waals surface area contributed by atoms with Crippen molar-refractivity contribution in [2.45, 2.75) is 40.0 Å². The minimum atomic E-state index is 0.0937. The van der Waals surface area contributed by atoms with Crippen LogP contribution in [0.1, 0.15) is 40.0 Å². The second-order valence-electron chi connectivity index (χ2n) is 5.47. The van der Waals surface area contributed by atoms with Crippen molar-refractivity contribution in [3.05, 3.63) is 0 Å². The van der Waals surface area contributed by atoms with Gasteiger partial charge in [0.05, 0.1) is 0 Å². The Morgan fingerprint density at radius 2 is 1.93 bits per heavy atom. The third-order valence-corrected chi connectivity index (χ3v) is 3.45. The van der Waals surface area contributed by atoms with E-state index in [-0.39, 0.29) is 11.8 Å². The first-order chi connectivity index (χ1) is 6.96. The van der Waals surface area contributed by atoms with Gasteiger partial charge in [-0.25, -0.2) is 0 Å². The molecular formula is C12H24N2O. The average molecular weight is 212 g/mol. The van der Waals surface area contributed by atoms with Crippen molar-refractivity contribution in [1.82, 2.24) is 4.90 Å². The van der Waals surface area contributed by atoms with E-state index in [2.05, 4.69) is 13.8 Å². The predicted molar refractivity (Wildman–Crippen MR) is 62.4 cm³/mol. The number of carbonyl (C=O) groups excluding carboxylic acids is 1. The molecule has 88 valence electrons. The number of nitrogens with two attached hydrogens (primary N) is 1. The number of likely N-dealkylation sites (tertiary alicyclic amines) is 1. The summed E-state index contributed by atoms with van der Waals surface area (Å²) in [6.07, 6.45) is 3.04. The predicted octanol–water partition coefficient (Wildman–Crippen LogP) is 1.62. The Morgan fingerprint density at radius 3 is 2.40 bits per heavy atom. The highest BCUT2D eigenvalue weighted by Crippen LogP contribution is 2.30. The van der Waals surface area contributed by atoms with Crippen molar-refractivity contribution < 1.29 is 4.79 Å². The molecule has 0 bridgehead atoms. The molecule has 1 rings (SSSR count). The molecule has 3 heteroatoms. The second-order valence-corrected chi connectivity index (χ2v) is 5.47. The molecule has 1 heterocycles. The van der Waals surface area contributed by atoms with Gasteiger partial charge < -0.3 is 10.6 Å². The van der Waals surface area contributed by atoms with Crippen LogP contribution in [0.15, 0.2) is 0 Å². The van der Waals surface area contributed by atoms with E-state index in [0.717, 1.165) is 32.4 Å². The molecule has 0 aromatic heterocycles. The smallest absolute Gasteiger partial charge is 0.225 e. The van der Waals surface area contributed by atoms with Gasteiger partial charge in [-0.1, -0.05) is 20.8 Å². The Morgan fingerprint density at radius 1 is 1.40 bits per heavy atom. The molecule has 1 fully saturated rings. The lowest BCUT2D eigenvalue weighted by Gasteiger charge is -2.38. The van der Waals surface area contributed by atoms with Crippen molar-refractivity contribution in [2.24, 2.45) is 17.1 Å². The van der Waals surface area contributed by atoms with Gasteiger partial charge in [0.15, 0.2) is 0 Å². The molecule has 0 radical (unpaired) electrons. The lowest BCUT2D eigenvalue weighted by Crippen LogP contribution is -2.43. The quantitative estimate of drug-likeness (QED) is 0.772. The SMILES string of the molecule is CC(CCN)C(=O)N1CCC(C)(C)CC1. The van der Waals surface area contributed by atoms with Gasteiger partial charge in [-0.15, -0.1) is 0 Å². The van der Waals surface area contributed by atoms with Crippen LogP contribution >= 0.6 is 0 Å². The molecule has 15 heavy (non-hydrogen) atoms. The van der Waals surface area contributed by atoms with Crippen LogP contribution in [0.3, 0.4) is 0 Å². The van der Waals surface area contributed by atoms with Crippen LogP contribution in [0.25, 0.3) is 0 Å². The van der Waals surface area contributed by atoms with Crippen molar-refractivity contribution >= 4 is 5.91 Å². The molecule has 1 aliphatic rings. The van der Waals surface area contributed by atoms with Gasteiger partial charge in [-0.2, -0.15) is 0 Å². The fourth-order valence-electron chi connectivity index (χ4n) is 2.02. The zero-order valence-electron chi connectivity index (χ0n) is 10.3. The number of nitrogens with zero attached hydrogens (tertiary/aromatic N) is 1. The van der Waals surface area contributed by atoms with E-state index in [1.54, 1.807) is 0 Å². The minimum absolute atomic E-state index is 0.0937. The van der Waals surface area contributed by atoms with Crippen molar-refractivity contribution in [3.8, 4) is 0 Å². The maximum atomic E-state index is 12.0. The summed E-state index contributed by atoms with van der Waals surface area (Å²) in [6, 6.07) is 0. The average Bonchev–Trinajstić information content (AvgIpc) is 2.17. The van der Waals surface area contributed by atoms with E-state index in [0.29, 0.717) is 12.0 Å². The molecule has 0 saturated carbocycles. The van der Waals surface area contributed by atoms with Crippen LogP contribution in [0, 0.1) is 11.3 Å². The topological polar surface area (TPSA) is 46.3 Å². The van der Waals surface area contributed by atoms with Crippen LogP contribution in [0.4, 0.5) is 0 Å². The van der Waals surface area contributed by atoms with E-state index < -0.39 is 0 Å². The third kappa shape index (κ3) is 3.49. The summed E-state index contributed by atoms with van der Waals surface area (Å²) in [4.78, 5) is 14.0. The molecule has 1 aliphatic heterocycles. The van der Waals surface area contributed by atoms with E-state index in [9.17, 15) is 4.79 Å². The van der Waals surface area contributed by atoms with Gasteiger partial charge in [-0.05, 0) is 31.2 Å². The summed E-state index contributed by atoms with van der Waals surface area (Å²) in [7, 11) is 0.